The van der Waals surface area contributed by atoms with Gasteiger partial charge >= 0.3 is 0 Å². The summed E-state index contributed by atoms with van der Waals surface area (Å²) in [6, 6.07) is 0.734. The normalized spacial score (nSPS) is 18.4. The lowest BCUT2D eigenvalue weighted by molar-refractivity contribution is 0.190. The highest BCUT2D eigenvalue weighted by atomic mass is 15.2. The number of rotatable bonds is 9. The molecule has 0 spiro atoms. The van der Waals surface area contributed by atoms with Gasteiger partial charge in [0, 0.05) is 25.7 Å². The van der Waals surface area contributed by atoms with Gasteiger partial charge in [0.25, 0.3) is 0 Å². The molecule has 1 N–H and O–H groups in total. The molecule has 17 heavy (non-hydrogen) atoms. The molecule has 1 unspecified atom stereocenters. The Bertz CT molecular complexity index is 187. The highest BCUT2D eigenvalue weighted by molar-refractivity contribution is 4.88. The van der Waals surface area contributed by atoms with Gasteiger partial charge in [0.1, 0.15) is 0 Å². The predicted octanol–water partition coefficient (Wildman–Crippen LogP) is 2.99. The zero-order valence-corrected chi connectivity index (χ0v) is 12.5. The van der Waals surface area contributed by atoms with Crippen molar-refractivity contribution in [2.75, 3.05) is 26.2 Å². The summed E-state index contributed by atoms with van der Waals surface area (Å²) in [5.74, 6) is 2.50. The number of hydrogen-bond donors (Lipinski definition) is 1. The van der Waals surface area contributed by atoms with Crippen molar-refractivity contribution in [3.8, 4) is 0 Å². The molecule has 102 valence electrons. The molecular weight excluding hydrogens is 208 g/mol. The van der Waals surface area contributed by atoms with Crippen molar-refractivity contribution < 1.29 is 0 Å². The second kappa shape index (κ2) is 7.38. The Balaban J connectivity index is 2.43. The van der Waals surface area contributed by atoms with Gasteiger partial charge in [0.15, 0.2) is 0 Å². The minimum atomic E-state index is 0.734. The third kappa shape index (κ3) is 6.42. The van der Waals surface area contributed by atoms with E-state index < -0.39 is 0 Å². The highest BCUT2D eigenvalue weighted by Crippen LogP contribution is 2.33. The SMILES string of the molecule is CCNC(CN(CC(C)C)CC(C)C)C1CC1. The smallest absolute Gasteiger partial charge is 0.0223 e. The topological polar surface area (TPSA) is 15.3 Å². The first-order valence-corrected chi connectivity index (χ1v) is 7.48. The maximum absolute atomic E-state index is 3.68. The van der Waals surface area contributed by atoms with Crippen LogP contribution in [0, 0.1) is 17.8 Å². The molecule has 1 fully saturated rings. The van der Waals surface area contributed by atoms with Crippen LogP contribution in [0.4, 0.5) is 0 Å². The van der Waals surface area contributed by atoms with E-state index in [1.165, 1.54) is 32.5 Å². The van der Waals surface area contributed by atoms with Gasteiger partial charge in [0.2, 0.25) is 0 Å². The molecule has 0 aromatic heterocycles. The molecule has 2 nitrogen and oxygen atoms in total. The standard InChI is InChI=1S/C15H32N2/c1-6-16-15(14-7-8-14)11-17(9-12(2)3)10-13(4)5/h12-16H,6-11H2,1-5H3. The van der Waals surface area contributed by atoms with Gasteiger partial charge in [-0.3, -0.25) is 0 Å². The van der Waals surface area contributed by atoms with Gasteiger partial charge in [-0.15, -0.1) is 0 Å². The van der Waals surface area contributed by atoms with Gasteiger partial charge in [-0.1, -0.05) is 34.6 Å². The zero-order valence-electron chi connectivity index (χ0n) is 12.5. The Morgan fingerprint density at radius 1 is 1.00 bits per heavy atom. The molecule has 0 aromatic carbocycles. The molecular formula is C15H32N2. The lowest BCUT2D eigenvalue weighted by atomic mass is 10.1. The molecule has 1 aliphatic carbocycles. The van der Waals surface area contributed by atoms with E-state index in [1.54, 1.807) is 0 Å². The first kappa shape index (κ1) is 15.0. The maximum atomic E-state index is 3.68. The summed E-state index contributed by atoms with van der Waals surface area (Å²) in [6.07, 6.45) is 2.88. The summed E-state index contributed by atoms with van der Waals surface area (Å²) in [7, 11) is 0. The fourth-order valence-corrected chi connectivity index (χ4v) is 2.68. The Morgan fingerprint density at radius 3 is 1.88 bits per heavy atom. The van der Waals surface area contributed by atoms with Crippen molar-refractivity contribution in [3.05, 3.63) is 0 Å². The van der Waals surface area contributed by atoms with Crippen molar-refractivity contribution in [1.29, 1.82) is 0 Å². The van der Waals surface area contributed by atoms with Crippen LogP contribution in [-0.2, 0) is 0 Å². The van der Waals surface area contributed by atoms with Crippen molar-refractivity contribution >= 4 is 0 Å². The number of nitrogens with one attached hydrogen (secondary N) is 1. The molecule has 2 heteroatoms. The second-order valence-electron chi connectivity index (χ2n) is 6.51. The molecule has 1 saturated carbocycles. The molecule has 0 amide bonds. The van der Waals surface area contributed by atoms with E-state index in [0.29, 0.717) is 0 Å². The molecule has 0 bridgehead atoms. The van der Waals surface area contributed by atoms with Crippen LogP contribution < -0.4 is 5.32 Å². The third-order valence-corrected chi connectivity index (χ3v) is 3.36. The predicted molar refractivity (Wildman–Crippen MR) is 76.3 cm³/mol. The van der Waals surface area contributed by atoms with Crippen molar-refractivity contribution in [1.82, 2.24) is 10.2 Å². The molecule has 1 rings (SSSR count). The number of likely N-dealkylation sites (N-methyl/N-ethyl adjacent to an activating group) is 1. The Kier molecular flexibility index (Phi) is 6.50. The van der Waals surface area contributed by atoms with Crippen LogP contribution in [0.5, 0.6) is 0 Å². The van der Waals surface area contributed by atoms with Gasteiger partial charge < -0.3 is 10.2 Å². The summed E-state index contributed by atoms with van der Waals surface area (Å²) in [5, 5.41) is 3.68. The molecule has 0 aromatic rings. The quantitative estimate of drug-likeness (QED) is 0.666. The summed E-state index contributed by atoms with van der Waals surface area (Å²) in [4.78, 5) is 2.67. The van der Waals surface area contributed by atoms with Crippen LogP contribution in [0.3, 0.4) is 0 Å². The lowest BCUT2D eigenvalue weighted by Crippen LogP contribution is -2.44. The highest BCUT2D eigenvalue weighted by Gasteiger charge is 2.31. The van der Waals surface area contributed by atoms with Gasteiger partial charge in [-0.25, -0.2) is 0 Å². The monoisotopic (exact) mass is 240 g/mol. The van der Waals surface area contributed by atoms with E-state index in [4.69, 9.17) is 0 Å². The van der Waals surface area contributed by atoms with E-state index in [1.807, 2.05) is 0 Å². The van der Waals surface area contributed by atoms with Crippen molar-refractivity contribution in [2.24, 2.45) is 17.8 Å². The molecule has 0 saturated heterocycles. The minimum absolute atomic E-state index is 0.734. The second-order valence-corrected chi connectivity index (χ2v) is 6.51. The summed E-state index contributed by atoms with van der Waals surface area (Å²) < 4.78 is 0. The lowest BCUT2D eigenvalue weighted by Gasteiger charge is -2.30. The van der Waals surface area contributed by atoms with Gasteiger partial charge in [-0.2, -0.15) is 0 Å². The third-order valence-electron chi connectivity index (χ3n) is 3.36. The Morgan fingerprint density at radius 2 is 1.53 bits per heavy atom. The first-order chi connectivity index (χ1) is 8.02. The van der Waals surface area contributed by atoms with E-state index in [-0.39, 0.29) is 0 Å². The summed E-state index contributed by atoms with van der Waals surface area (Å²) >= 11 is 0. The maximum Gasteiger partial charge on any atom is 0.0223 e. The molecule has 0 aliphatic heterocycles. The van der Waals surface area contributed by atoms with Crippen LogP contribution in [0.25, 0.3) is 0 Å². The molecule has 1 aliphatic rings. The zero-order chi connectivity index (χ0) is 12.8. The summed E-state index contributed by atoms with van der Waals surface area (Å²) in [5.41, 5.74) is 0. The van der Waals surface area contributed by atoms with Crippen LogP contribution in [0.1, 0.15) is 47.5 Å². The van der Waals surface area contributed by atoms with Crippen LogP contribution >= 0.6 is 0 Å². The fourth-order valence-electron chi connectivity index (χ4n) is 2.68. The molecule has 1 atom stereocenters. The molecule has 0 radical (unpaired) electrons. The fraction of sp³-hybridized carbons (Fsp3) is 1.00. The molecule has 0 heterocycles. The average molecular weight is 240 g/mol. The van der Waals surface area contributed by atoms with Crippen LogP contribution in [-0.4, -0.2) is 37.1 Å². The van der Waals surface area contributed by atoms with Gasteiger partial charge in [0.05, 0.1) is 0 Å². The Hall–Kier alpha value is -0.0800. The minimum Gasteiger partial charge on any atom is -0.313 e. The number of nitrogens with zero attached hydrogens (tertiary/aromatic N) is 1. The van der Waals surface area contributed by atoms with Crippen molar-refractivity contribution in [2.45, 2.75) is 53.5 Å². The average Bonchev–Trinajstić information content (AvgIpc) is 2.97. The van der Waals surface area contributed by atoms with E-state index in [0.717, 1.165) is 30.3 Å². The van der Waals surface area contributed by atoms with E-state index in [2.05, 4.69) is 44.8 Å². The van der Waals surface area contributed by atoms with Gasteiger partial charge in [-0.05, 0) is 37.1 Å². The van der Waals surface area contributed by atoms with Crippen molar-refractivity contribution in [3.63, 3.8) is 0 Å². The first-order valence-electron chi connectivity index (χ1n) is 7.48. The number of hydrogen-bond acceptors (Lipinski definition) is 2. The van der Waals surface area contributed by atoms with E-state index >= 15 is 0 Å². The Labute approximate surface area is 108 Å². The largest absolute Gasteiger partial charge is 0.313 e. The summed E-state index contributed by atoms with van der Waals surface area (Å²) in [6.45, 7) is 16.4. The van der Waals surface area contributed by atoms with Crippen LogP contribution in [0.15, 0.2) is 0 Å². The van der Waals surface area contributed by atoms with E-state index in [9.17, 15) is 0 Å². The van der Waals surface area contributed by atoms with Crippen LogP contribution in [0.2, 0.25) is 0 Å².